The van der Waals surface area contributed by atoms with E-state index in [1.807, 2.05) is 63.4 Å². The van der Waals surface area contributed by atoms with E-state index < -0.39 is 15.8 Å². The van der Waals surface area contributed by atoms with Crippen LogP contribution in [-0.2, 0) is 52.4 Å². The number of ether oxygens (including phenoxy) is 1. The molecular formula is C39H41ClN4O5S2. The lowest BCUT2D eigenvalue weighted by atomic mass is 9.86. The molecule has 0 radical (unpaired) electrons. The Kier molecular flexibility index (Phi) is 9.82. The van der Waals surface area contributed by atoms with Crippen molar-refractivity contribution in [3.63, 3.8) is 0 Å². The number of nitrogens with zero attached hydrogens (tertiary/aromatic N) is 4. The minimum atomic E-state index is -3.71. The van der Waals surface area contributed by atoms with Crippen LogP contribution in [0.25, 0.3) is 27.5 Å². The van der Waals surface area contributed by atoms with Gasteiger partial charge in [0.15, 0.2) is 9.84 Å². The summed E-state index contributed by atoms with van der Waals surface area (Å²) in [5.41, 5.74) is 6.99. The number of hydrogen-bond donors (Lipinski definition) is 1. The Balaban J connectivity index is 1.40. The Bertz CT molecular complexity index is 2330. The van der Waals surface area contributed by atoms with Crippen LogP contribution in [0.5, 0.6) is 5.75 Å². The highest BCUT2D eigenvalue weighted by molar-refractivity contribution is 7.98. The lowest BCUT2D eigenvalue weighted by Crippen LogP contribution is -2.14. The van der Waals surface area contributed by atoms with Crippen LogP contribution in [0.3, 0.4) is 0 Å². The number of fused-ring (bicyclic) bond motifs is 8. The van der Waals surface area contributed by atoms with Gasteiger partial charge in [0.2, 0.25) is 0 Å². The lowest BCUT2D eigenvalue weighted by molar-refractivity contribution is -0.133. The molecule has 0 saturated carbocycles. The summed E-state index contributed by atoms with van der Waals surface area (Å²) in [4.78, 5) is 14.0. The first kappa shape index (κ1) is 35.3. The number of sulfone groups is 1. The van der Waals surface area contributed by atoms with E-state index in [9.17, 15) is 18.3 Å². The van der Waals surface area contributed by atoms with E-state index in [4.69, 9.17) is 21.4 Å². The number of carboxylic acids is 1. The molecule has 5 aromatic rings. The number of aliphatic carboxylic acids is 1. The first-order valence-corrected chi connectivity index (χ1v) is 20.4. The number of benzene rings is 3. The molecule has 7 rings (SSSR count). The molecule has 12 heteroatoms. The lowest BCUT2D eigenvalue weighted by Gasteiger charge is -2.20. The van der Waals surface area contributed by atoms with Gasteiger partial charge in [0.05, 0.1) is 29.5 Å². The normalized spacial score (nSPS) is 18.0. The summed E-state index contributed by atoms with van der Waals surface area (Å²) in [6.07, 6.45) is 2.99. The van der Waals surface area contributed by atoms with Crippen LogP contribution in [0.4, 0.5) is 0 Å². The second-order valence-corrected chi connectivity index (χ2v) is 17.0. The van der Waals surface area contributed by atoms with Crippen molar-refractivity contribution in [1.82, 2.24) is 19.6 Å². The Labute approximate surface area is 307 Å². The smallest absolute Gasteiger partial charge is 0.332 e. The van der Waals surface area contributed by atoms with Crippen molar-refractivity contribution in [3.05, 3.63) is 99.1 Å². The second kappa shape index (κ2) is 14.2. The average Bonchev–Trinajstić information content (AvgIpc) is 3.49. The van der Waals surface area contributed by atoms with Crippen LogP contribution in [0.2, 0.25) is 5.02 Å². The van der Waals surface area contributed by atoms with Crippen molar-refractivity contribution >= 4 is 55.5 Å². The van der Waals surface area contributed by atoms with Gasteiger partial charge in [-0.25, -0.2) is 13.2 Å². The molecule has 1 aliphatic heterocycles. The molecule has 8 bridgehead atoms. The van der Waals surface area contributed by atoms with Crippen molar-refractivity contribution in [3.8, 4) is 16.9 Å². The van der Waals surface area contributed by atoms with E-state index in [0.29, 0.717) is 72.0 Å². The predicted molar refractivity (Wildman–Crippen MR) is 203 cm³/mol. The van der Waals surface area contributed by atoms with E-state index >= 15 is 0 Å². The van der Waals surface area contributed by atoms with Gasteiger partial charge in [-0.1, -0.05) is 48.9 Å². The van der Waals surface area contributed by atoms with Crippen molar-refractivity contribution < 1.29 is 23.1 Å². The van der Waals surface area contributed by atoms with E-state index in [2.05, 4.69) is 17.2 Å². The molecule has 9 nitrogen and oxygen atoms in total. The van der Waals surface area contributed by atoms with Crippen LogP contribution < -0.4 is 4.74 Å². The third-order valence-electron chi connectivity index (χ3n) is 10.2. The van der Waals surface area contributed by atoms with Crippen molar-refractivity contribution in [1.29, 1.82) is 0 Å². The highest BCUT2D eigenvalue weighted by Crippen LogP contribution is 2.45. The number of hydrogen-bond acceptors (Lipinski definition) is 7. The number of aromatic nitrogens is 4. The quantitative estimate of drug-likeness (QED) is 0.192. The molecule has 0 fully saturated rings. The molecule has 2 aliphatic rings. The van der Waals surface area contributed by atoms with Crippen molar-refractivity contribution in [2.75, 3.05) is 6.61 Å². The van der Waals surface area contributed by atoms with Crippen molar-refractivity contribution in [2.45, 2.75) is 68.1 Å². The summed E-state index contributed by atoms with van der Waals surface area (Å²) in [6.45, 7) is 4.34. The maximum Gasteiger partial charge on any atom is 0.332 e. The third kappa shape index (κ3) is 6.95. The predicted octanol–water partition coefficient (Wildman–Crippen LogP) is 8.33. The van der Waals surface area contributed by atoms with Crippen LogP contribution in [0, 0.1) is 12.8 Å². The molecule has 3 aromatic carbocycles. The van der Waals surface area contributed by atoms with Crippen LogP contribution in [0.15, 0.2) is 65.1 Å². The zero-order valence-electron chi connectivity index (χ0n) is 29.2. The molecule has 0 saturated heterocycles. The summed E-state index contributed by atoms with van der Waals surface area (Å²) in [5.74, 6) is -0.229. The minimum Gasteiger partial charge on any atom is -0.493 e. The topological polar surface area (TPSA) is 116 Å². The molecular weight excluding hydrogens is 704 g/mol. The number of rotatable bonds is 2. The fourth-order valence-electron chi connectivity index (χ4n) is 7.67. The van der Waals surface area contributed by atoms with E-state index in [1.54, 1.807) is 28.2 Å². The summed E-state index contributed by atoms with van der Waals surface area (Å²) in [5, 5.41) is 22.5. The number of allylic oxidation sites excluding steroid dienone is 1. The molecule has 1 unspecified atom stereocenters. The van der Waals surface area contributed by atoms with Gasteiger partial charge in [0.25, 0.3) is 0 Å². The Hall–Kier alpha value is -4.06. The SMILES string of the molecule is CCC1CCc2c3ccc(Cl)c2-c2c(nn(C)c2C)CS(=O)(=O)Cc2cc(n(C)n2)CSc2cc(c4ccccc4c2)OCCCC3=C1C(=O)O. The van der Waals surface area contributed by atoms with Gasteiger partial charge in [-0.05, 0) is 91.3 Å². The number of aryl methyl sites for hydroxylation is 2. The summed E-state index contributed by atoms with van der Waals surface area (Å²) >= 11 is 8.69. The van der Waals surface area contributed by atoms with Gasteiger partial charge in [-0.2, -0.15) is 10.2 Å². The van der Waals surface area contributed by atoms with Crippen LogP contribution in [-0.4, -0.2) is 45.7 Å². The van der Waals surface area contributed by atoms with E-state index in [0.717, 1.165) is 55.1 Å². The number of halogens is 1. The number of carbonyl (C=O) groups is 1. The number of thioether (sulfide) groups is 1. The molecule has 266 valence electrons. The van der Waals surface area contributed by atoms with E-state index in [1.165, 1.54) is 0 Å². The minimum absolute atomic E-state index is 0.154. The molecule has 51 heavy (non-hydrogen) atoms. The molecule has 1 atom stereocenters. The number of carboxylic acid groups (broad SMARTS) is 1. The third-order valence-corrected chi connectivity index (χ3v) is 13.0. The van der Waals surface area contributed by atoms with Crippen LogP contribution in [0.1, 0.15) is 66.5 Å². The standard InChI is InChI=1S/C39H41ClN4O5S2/c1-5-24-12-13-32-30-14-15-33(40)38(32)36-23(2)43(3)42-34(36)22-51(47,48)21-26-18-27(44(4)41-26)20-50-28-17-25-9-6-7-10-29(25)35(19-28)49-16-8-11-31(30)37(24)39(45)46/h6-7,9-10,14-15,17-19,24H,5,8,11-13,16,20-22H2,1-4H3,(H,45,46). The van der Waals surface area contributed by atoms with Gasteiger partial charge >= 0.3 is 5.97 Å². The zero-order chi connectivity index (χ0) is 36.0. The van der Waals surface area contributed by atoms with E-state index in [-0.39, 0.29) is 17.4 Å². The summed E-state index contributed by atoms with van der Waals surface area (Å²) in [6, 6.07) is 17.9. The molecule has 0 spiro atoms. The van der Waals surface area contributed by atoms with Crippen LogP contribution >= 0.6 is 23.4 Å². The zero-order valence-corrected chi connectivity index (χ0v) is 31.6. The van der Waals surface area contributed by atoms with Gasteiger partial charge in [-0.3, -0.25) is 9.36 Å². The largest absolute Gasteiger partial charge is 0.493 e. The molecule has 1 N–H and O–H groups in total. The van der Waals surface area contributed by atoms with Gasteiger partial charge in [0.1, 0.15) is 5.75 Å². The summed E-state index contributed by atoms with van der Waals surface area (Å²) < 4.78 is 37.7. The van der Waals surface area contributed by atoms with Crippen molar-refractivity contribution in [2.24, 2.45) is 20.0 Å². The first-order valence-electron chi connectivity index (χ1n) is 17.3. The first-order chi connectivity index (χ1) is 24.4. The highest BCUT2D eigenvalue weighted by Gasteiger charge is 2.32. The average molecular weight is 745 g/mol. The fraction of sp³-hybridized carbons (Fsp3) is 0.359. The maximum atomic E-state index is 13.9. The maximum absolute atomic E-state index is 13.9. The van der Waals surface area contributed by atoms with Gasteiger partial charge in [0, 0.05) is 63.2 Å². The molecule has 2 aromatic heterocycles. The Morgan fingerprint density at radius 3 is 2.63 bits per heavy atom. The Morgan fingerprint density at radius 1 is 1.04 bits per heavy atom. The van der Waals surface area contributed by atoms with Gasteiger partial charge in [-0.15, -0.1) is 11.8 Å². The van der Waals surface area contributed by atoms with Gasteiger partial charge < -0.3 is 9.84 Å². The molecule has 3 heterocycles. The Morgan fingerprint density at radius 2 is 1.84 bits per heavy atom. The molecule has 1 aliphatic carbocycles. The monoisotopic (exact) mass is 744 g/mol. The second-order valence-electron chi connectivity index (χ2n) is 13.5. The summed E-state index contributed by atoms with van der Waals surface area (Å²) in [7, 11) is -0.0724. The fourth-order valence-corrected chi connectivity index (χ4v) is 10.2. The molecule has 0 amide bonds. The highest BCUT2D eigenvalue weighted by atomic mass is 35.5.